The molecule has 6 nitrogen and oxygen atoms in total. The van der Waals surface area contributed by atoms with Gasteiger partial charge in [-0.2, -0.15) is 0 Å². The Morgan fingerprint density at radius 2 is 1.82 bits per heavy atom. The maximum atomic E-state index is 12.6. The lowest BCUT2D eigenvalue weighted by molar-refractivity contribution is 0.0642. The number of benzene rings is 2. The van der Waals surface area contributed by atoms with Crippen molar-refractivity contribution in [2.75, 3.05) is 27.2 Å². The monoisotopic (exact) mass is 378 g/mol. The zero-order chi connectivity index (χ0) is 19.7. The Morgan fingerprint density at radius 1 is 1.11 bits per heavy atom. The first kappa shape index (κ1) is 18.9. The van der Waals surface area contributed by atoms with Crippen molar-refractivity contribution in [1.82, 2.24) is 9.80 Å². The number of carbonyl (C=O) groups excluding carboxylic acids is 2. The highest BCUT2D eigenvalue weighted by atomic mass is 16.6. The van der Waals surface area contributed by atoms with Gasteiger partial charge in [0.25, 0.3) is 11.8 Å². The molecule has 2 aliphatic heterocycles. The fourth-order valence-corrected chi connectivity index (χ4v) is 3.62. The van der Waals surface area contributed by atoms with E-state index in [1.807, 2.05) is 32.3 Å². The fourth-order valence-electron chi connectivity index (χ4n) is 3.62. The molecule has 28 heavy (non-hydrogen) atoms. The molecule has 0 spiro atoms. The molecular formula is C21H23BN2O4. The van der Waals surface area contributed by atoms with Crippen LogP contribution in [0.1, 0.15) is 38.3 Å². The van der Waals surface area contributed by atoms with Crippen molar-refractivity contribution in [2.24, 2.45) is 0 Å². The zero-order valence-electron chi connectivity index (χ0n) is 16.2. The summed E-state index contributed by atoms with van der Waals surface area (Å²) in [6, 6.07) is 12.9. The van der Waals surface area contributed by atoms with E-state index in [2.05, 4.69) is 4.90 Å². The maximum Gasteiger partial charge on any atom is 0.494 e. The van der Waals surface area contributed by atoms with Gasteiger partial charge in [-0.15, -0.1) is 0 Å². The van der Waals surface area contributed by atoms with Crippen molar-refractivity contribution in [1.29, 1.82) is 0 Å². The maximum absolute atomic E-state index is 12.6. The van der Waals surface area contributed by atoms with Crippen molar-refractivity contribution in [3.8, 4) is 0 Å². The van der Waals surface area contributed by atoms with Gasteiger partial charge in [-0.1, -0.05) is 30.3 Å². The van der Waals surface area contributed by atoms with Crippen LogP contribution >= 0.6 is 0 Å². The number of rotatable bonds is 7. The van der Waals surface area contributed by atoms with Crippen LogP contribution in [0.25, 0.3) is 0 Å². The number of nitrogens with zero attached hydrogens (tertiary/aromatic N) is 2. The summed E-state index contributed by atoms with van der Waals surface area (Å²) in [6.45, 7) is 2.33. The van der Waals surface area contributed by atoms with E-state index in [4.69, 9.17) is 9.31 Å². The van der Waals surface area contributed by atoms with Crippen LogP contribution in [0.4, 0.5) is 0 Å². The van der Waals surface area contributed by atoms with Gasteiger partial charge in [0.2, 0.25) is 0 Å². The summed E-state index contributed by atoms with van der Waals surface area (Å²) in [5, 5.41) is 0. The summed E-state index contributed by atoms with van der Waals surface area (Å²) in [7, 11) is 3.68. The lowest BCUT2D eigenvalue weighted by atomic mass is 9.78. The van der Waals surface area contributed by atoms with Crippen LogP contribution in [0.15, 0.2) is 42.5 Å². The van der Waals surface area contributed by atoms with Gasteiger partial charge < -0.3 is 14.2 Å². The summed E-state index contributed by atoms with van der Waals surface area (Å²) >= 11 is 0. The number of hydrogen-bond acceptors (Lipinski definition) is 5. The molecular weight excluding hydrogens is 355 g/mol. The first-order chi connectivity index (χ1) is 13.5. The van der Waals surface area contributed by atoms with E-state index >= 15 is 0 Å². The molecule has 0 aromatic heterocycles. The second kappa shape index (κ2) is 7.87. The van der Waals surface area contributed by atoms with Crippen molar-refractivity contribution in [2.45, 2.75) is 19.6 Å². The van der Waals surface area contributed by atoms with Gasteiger partial charge in [0, 0.05) is 6.61 Å². The molecule has 2 heterocycles. The Morgan fingerprint density at radius 3 is 2.50 bits per heavy atom. The largest absolute Gasteiger partial charge is 0.494 e. The summed E-state index contributed by atoms with van der Waals surface area (Å²) in [6.07, 6.45) is 0.928. The van der Waals surface area contributed by atoms with Crippen LogP contribution in [0.3, 0.4) is 0 Å². The predicted molar refractivity (Wildman–Crippen MR) is 106 cm³/mol. The van der Waals surface area contributed by atoms with Gasteiger partial charge in [-0.25, -0.2) is 0 Å². The summed E-state index contributed by atoms with van der Waals surface area (Å²) in [4.78, 5) is 28.6. The fraction of sp³-hybridized carbons (Fsp3) is 0.333. The molecule has 0 atom stereocenters. The highest BCUT2D eigenvalue weighted by Crippen LogP contribution is 2.24. The van der Waals surface area contributed by atoms with E-state index in [0.29, 0.717) is 24.3 Å². The van der Waals surface area contributed by atoms with Crippen molar-refractivity contribution >= 4 is 24.4 Å². The first-order valence-corrected chi connectivity index (χ1v) is 9.49. The third-order valence-electron chi connectivity index (χ3n) is 5.09. The third-order valence-corrected chi connectivity index (χ3v) is 5.09. The van der Waals surface area contributed by atoms with Gasteiger partial charge in [0.1, 0.15) is 0 Å². The normalized spacial score (nSPS) is 15.5. The van der Waals surface area contributed by atoms with Crippen LogP contribution in [-0.2, 0) is 22.5 Å². The molecule has 7 heteroatoms. The SMILES string of the molecule is CN(C)CCCOB1OCc2ccc(CN3C(=O)c4ccccc4C3=O)cc21. The molecule has 0 radical (unpaired) electrons. The minimum absolute atomic E-state index is 0.242. The first-order valence-electron chi connectivity index (χ1n) is 9.49. The second-order valence-electron chi connectivity index (χ2n) is 7.45. The molecule has 2 aromatic carbocycles. The second-order valence-corrected chi connectivity index (χ2v) is 7.45. The summed E-state index contributed by atoms with van der Waals surface area (Å²) in [5.41, 5.74) is 3.90. The molecule has 2 aromatic rings. The average molecular weight is 378 g/mol. The number of fused-ring (bicyclic) bond motifs is 2. The molecule has 0 N–H and O–H groups in total. The van der Waals surface area contributed by atoms with Gasteiger partial charge in [-0.05, 0) is 55.8 Å². The quantitative estimate of drug-likeness (QED) is 0.417. The van der Waals surface area contributed by atoms with Gasteiger partial charge in [0.15, 0.2) is 0 Å². The van der Waals surface area contributed by atoms with Crippen molar-refractivity contribution in [3.05, 3.63) is 64.7 Å². The van der Waals surface area contributed by atoms with E-state index in [9.17, 15) is 9.59 Å². The Bertz CT molecular complexity index is 880. The van der Waals surface area contributed by atoms with Gasteiger partial charge in [-0.3, -0.25) is 14.5 Å². The van der Waals surface area contributed by atoms with Crippen LogP contribution in [0.5, 0.6) is 0 Å². The summed E-state index contributed by atoms with van der Waals surface area (Å²) < 4.78 is 11.7. The number of imide groups is 1. The zero-order valence-corrected chi connectivity index (χ0v) is 16.2. The molecule has 2 aliphatic rings. The molecule has 4 rings (SSSR count). The minimum atomic E-state index is -0.390. The number of carbonyl (C=O) groups is 2. The highest BCUT2D eigenvalue weighted by Gasteiger charge is 2.36. The van der Waals surface area contributed by atoms with E-state index in [1.54, 1.807) is 24.3 Å². The van der Waals surface area contributed by atoms with E-state index < -0.39 is 0 Å². The van der Waals surface area contributed by atoms with E-state index in [1.165, 1.54) is 4.90 Å². The highest BCUT2D eigenvalue weighted by molar-refractivity contribution is 6.62. The molecule has 0 fully saturated rings. The Balaban J connectivity index is 1.46. The smallest absolute Gasteiger partial charge is 0.407 e. The van der Waals surface area contributed by atoms with Crippen LogP contribution in [-0.4, -0.2) is 56.0 Å². The minimum Gasteiger partial charge on any atom is -0.407 e. The standard InChI is InChI=1S/C21H23BN2O4/c1-23(2)10-5-11-27-22-19-12-15(8-9-16(19)14-28-22)13-24-20(25)17-6-3-4-7-18(17)21(24)26/h3-4,6-9,12H,5,10-11,13-14H2,1-2H3. The summed E-state index contributed by atoms with van der Waals surface area (Å²) in [5.74, 6) is -0.484. The van der Waals surface area contributed by atoms with Crippen LogP contribution < -0.4 is 5.46 Å². The molecule has 144 valence electrons. The molecule has 0 aliphatic carbocycles. The number of hydrogen-bond donors (Lipinski definition) is 0. The van der Waals surface area contributed by atoms with Crippen LogP contribution in [0.2, 0.25) is 0 Å². The van der Waals surface area contributed by atoms with Crippen molar-refractivity contribution < 1.29 is 18.9 Å². The average Bonchev–Trinajstić information content (AvgIpc) is 3.20. The molecule has 2 amide bonds. The Labute approximate surface area is 165 Å². The van der Waals surface area contributed by atoms with E-state index in [0.717, 1.165) is 29.6 Å². The third kappa shape index (κ3) is 3.61. The Hall–Kier alpha value is -2.48. The predicted octanol–water partition coefficient (Wildman–Crippen LogP) is 1.68. The lowest BCUT2D eigenvalue weighted by Crippen LogP contribution is -2.34. The Kier molecular flexibility index (Phi) is 5.30. The van der Waals surface area contributed by atoms with Gasteiger partial charge in [0.05, 0.1) is 24.3 Å². The van der Waals surface area contributed by atoms with E-state index in [-0.39, 0.29) is 25.5 Å². The number of amides is 2. The molecule has 0 unspecified atom stereocenters. The lowest BCUT2D eigenvalue weighted by Gasteiger charge is -2.15. The molecule has 0 saturated heterocycles. The molecule has 0 bridgehead atoms. The topological polar surface area (TPSA) is 59.1 Å². The van der Waals surface area contributed by atoms with Crippen molar-refractivity contribution in [3.63, 3.8) is 0 Å². The van der Waals surface area contributed by atoms with Crippen LogP contribution in [0, 0.1) is 0 Å². The molecule has 0 saturated carbocycles. The van der Waals surface area contributed by atoms with Gasteiger partial charge >= 0.3 is 7.12 Å².